The predicted molar refractivity (Wildman–Crippen MR) is 96.5 cm³/mol. The molecular formula is C15H18Cl3FN2S. The number of hydrogen-bond acceptors (Lipinski definition) is 3. The molecule has 7 heteroatoms. The normalized spacial score (nSPS) is 16.5. The maximum atomic E-state index is 14.3. The molecule has 2 nitrogen and oxygen atoms in total. The van der Waals surface area contributed by atoms with Gasteiger partial charge in [0.25, 0.3) is 0 Å². The van der Waals surface area contributed by atoms with Gasteiger partial charge in [0.05, 0.1) is 6.04 Å². The fourth-order valence-corrected chi connectivity index (χ4v) is 3.68. The van der Waals surface area contributed by atoms with Crippen LogP contribution in [0.25, 0.3) is 0 Å². The van der Waals surface area contributed by atoms with Gasteiger partial charge in [-0.1, -0.05) is 23.7 Å². The van der Waals surface area contributed by atoms with Gasteiger partial charge in [-0.15, -0.1) is 36.2 Å². The van der Waals surface area contributed by atoms with Crippen LogP contribution in [0.15, 0.2) is 35.7 Å². The van der Waals surface area contributed by atoms with Gasteiger partial charge in [-0.05, 0) is 23.6 Å². The maximum absolute atomic E-state index is 14.3. The van der Waals surface area contributed by atoms with Gasteiger partial charge in [0.1, 0.15) is 5.82 Å². The molecule has 1 fully saturated rings. The van der Waals surface area contributed by atoms with Crippen molar-refractivity contribution in [1.29, 1.82) is 0 Å². The van der Waals surface area contributed by atoms with Crippen LogP contribution in [0.3, 0.4) is 0 Å². The summed E-state index contributed by atoms with van der Waals surface area (Å²) < 4.78 is 14.3. The Labute approximate surface area is 151 Å². The minimum atomic E-state index is -0.227. The van der Waals surface area contributed by atoms with E-state index in [0.29, 0.717) is 10.6 Å². The smallest absolute Gasteiger partial charge is 0.129 e. The van der Waals surface area contributed by atoms with E-state index in [2.05, 4.69) is 16.3 Å². The summed E-state index contributed by atoms with van der Waals surface area (Å²) in [6.07, 6.45) is 0. The van der Waals surface area contributed by atoms with Crippen molar-refractivity contribution in [2.24, 2.45) is 0 Å². The summed E-state index contributed by atoms with van der Waals surface area (Å²) in [6, 6.07) is 9.05. The monoisotopic (exact) mass is 382 g/mol. The number of nitrogens with zero attached hydrogens (tertiary/aromatic N) is 1. The molecule has 1 aliphatic heterocycles. The van der Waals surface area contributed by atoms with Crippen LogP contribution in [0.4, 0.5) is 4.39 Å². The van der Waals surface area contributed by atoms with E-state index in [0.717, 1.165) is 26.2 Å². The van der Waals surface area contributed by atoms with Gasteiger partial charge in [-0.3, -0.25) is 4.90 Å². The van der Waals surface area contributed by atoms with Crippen molar-refractivity contribution in [3.63, 3.8) is 0 Å². The van der Waals surface area contributed by atoms with E-state index in [1.54, 1.807) is 17.4 Å². The van der Waals surface area contributed by atoms with Crippen LogP contribution in [0.2, 0.25) is 5.02 Å². The summed E-state index contributed by atoms with van der Waals surface area (Å²) in [7, 11) is 0. The van der Waals surface area contributed by atoms with Crippen LogP contribution in [0.5, 0.6) is 0 Å². The van der Waals surface area contributed by atoms with E-state index < -0.39 is 0 Å². The fourth-order valence-electron chi connectivity index (χ4n) is 2.64. The average Bonchev–Trinajstić information content (AvgIpc) is 2.97. The average molecular weight is 384 g/mol. The first-order valence-corrected chi connectivity index (χ1v) is 7.94. The van der Waals surface area contributed by atoms with E-state index in [1.165, 1.54) is 10.9 Å². The second-order valence-electron chi connectivity index (χ2n) is 4.87. The summed E-state index contributed by atoms with van der Waals surface area (Å²) in [5.74, 6) is -0.227. The molecule has 0 saturated carbocycles. The van der Waals surface area contributed by atoms with Gasteiger partial charge >= 0.3 is 0 Å². The van der Waals surface area contributed by atoms with Crippen molar-refractivity contribution in [2.75, 3.05) is 26.2 Å². The molecule has 0 radical (unpaired) electrons. The Morgan fingerprint density at radius 2 is 1.91 bits per heavy atom. The Hall–Kier alpha value is -0.360. The highest BCUT2D eigenvalue weighted by Crippen LogP contribution is 2.34. The lowest BCUT2D eigenvalue weighted by Gasteiger charge is -2.34. The summed E-state index contributed by atoms with van der Waals surface area (Å²) >= 11 is 7.54. The van der Waals surface area contributed by atoms with Crippen LogP contribution in [-0.2, 0) is 0 Å². The molecule has 0 aliphatic carbocycles. The SMILES string of the molecule is Cl.Cl.Fc1cc(Cl)ccc1[C@H](c1cccs1)N1CCNCC1. The number of rotatable bonds is 3. The standard InChI is InChI=1S/C15H16ClFN2S.2ClH/c16-11-3-4-12(13(17)10-11)15(14-2-1-9-20-14)19-7-5-18-6-8-19;;/h1-4,9-10,15,18H,5-8H2;2*1H/t15-;;/m1../s1. The van der Waals surface area contributed by atoms with E-state index >= 15 is 0 Å². The first-order chi connectivity index (χ1) is 9.75. The number of halogens is 4. The summed E-state index contributed by atoms with van der Waals surface area (Å²) in [6.45, 7) is 3.73. The lowest BCUT2D eigenvalue weighted by molar-refractivity contribution is 0.197. The number of nitrogens with one attached hydrogen (secondary N) is 1. The van der Waals surface area contributed by atoms with Crippen molar-refractivity contribution in [1.82, 2.24) is 10.2 Å². The minimum absolute atomic E-state index is 0. The van der Waals surface area contributed by atoms with Gasteiger partial charge < -0.3 is 5.32 Å². The molecule has 0 amide bonds. The largest absolute Gasteiger partial charge is 0.314 e. The second kappa shape index (κ2) is 9.06. The summed E-state index contributed by atoms with van der Waals surface area (Å²) in [5, 5.41) is 5.82. The van der Waals surface area contributed by atoms with Crippen molar-refractivity contribution in [3.8, 4) is 0 Å². The highest BCUT2D eigenvalue weighted by Gasteiger charge is 2.26. The Kier molecular flexibility index (Phi) is 8.11. The van der Waals surface area contributed by atoms with Crippen molar-refractivity contribution in [3.05, 3.63) is 57.0 Å². The molecule has 2 heterocycles. The van der Waals surface area contributed by atoms with E-state index in [4.69, 9.17) is 11.6 Å². The van der Waals surface area contributed by atoms with Crippen molar-refractivity contribution >= 4 is 47.8 Å². The topological polar surface area (TPSA) is 15.3 Å². The zero-order valence-electron chi connectivity index (χ0n) is 11.8. The molecule has 1 aromatic heterocycles. The highest BCUT2D eigenvalue weighted by atomic mass is 35.5. The van der Waals surface area contributed by atoms with Crippen LogP contribution >= 0.6 is 47.8 Å². The summed E-state index contributed by atoms with van der Waals surface area (Å²) in [4.78, 5) is 3.50. The molecule has 0 bridgehead atoms. The number of hydrogen-bond donors (Lipinski definition) is 1. The van der Waals surface area contributed by atoms with Crippen molar-refractivity contribution in [2.45, 2.75) is 6.04 Å². The molecule has 22 heavy (non-hydrogen) atoms. The number of piperazine rings is 1. The zero-order chi connectivity index (χ0) is 13.9. The van der Waals surface area contributed by atoms with E-state index in [9.17, 15) is 4.39 Å². The Bertz CT molecular complexity index is 574. The molecule has 122 valence electrons. The zero-order valence-corrected chi connectivity index (χ0v) is 15.0. The number of thiophene rings is 1. The van der Waals surface area contributed by atoms with Gasteiger partial charge in [-0.2, -0.15) is 0 Å². The predicted octanol–water partition coefficient (Wildman–Crippen LogP) is 4.38. The third-order valence-electron chi connectivity index (χ3n) is 3.59. The Morgan fingerprint density at radius 3 is 2.50 bits per heavy atom. The first kappa shape index (κ1) is 19.7. The van der Waals surface area contributed by atoms with Crippen LogP contribution in [-0.4, -0.2) is 31.1 Å². The number of benzene rings is 1. The molecule has 1 aliphatic rings. The van der Waals surface area contributed by atoms with Gasteiger partial charge in [0.15, 0.2) is 0 Å². The van der Waals surface area contributed by atoms with Crippen molar-refractivity contribution < 1.29 is 4.39 Å². The molecule has 3 rings (SSSR count). The third-order valence-corrected chi connectivity index (χ3v) is 4.75. The molecule has 2 aromatic rings. The van der Waals surface area contributed by atoms with Gasteiger partial charge in [0, 0.05) is 41.6 Å². The maximum Gasteiger partial charge on any atom is 0.129 e. The quantitative estimate of drug-likeness (QED) is 0.846. The molecule has 1 aromatic carbocycles. The molecule has 1 atom stereocenters. The van der Waals surface area contributed by atoms with E-state index in [-0.39, 0.29) is 36.7 Å². The van der Waals surface area contributed by atoms with E-state index in [1.807, 2.05) is 17.5 Å². The van der Waals surface area contributed by atoms with Gasteiger partial charge in [0.2, 0.25) is 0 Å². The van der Waals surface area contributed by atoms with Crippen LogP contribution < -0.4 is 5.32 Å². The molecule has 1 N–H and O–H groups in total. The first-order valence-electron chi connectivity index (χ1n) is 6.69. The molecule has 0 unspecified atom stereocenters. The lowest BCUT2D eigenvalue weighted by Crippen LogP contribution is -2.45. The van der Waals surface area contributed by atoms with Crippen LogP contribution in [0, 0.1) is 5.82 Å². The van der Waals surface area contributed by atoms with Gasteiger partial charge in [-0.25, -0.2) is 4.39 Å². The molecule has 1 saturated heterocycles. The molecule has 0 spiro atoms. The highest BCUT2D eigenvalue weighted by molar-refractivity contribution is 7.10. The summed E-state index contributed by atoms with van der Waals surface area (Å²) in [5.41, 5.74) is 0.707. The lowest BCUT2D eigenvalue weighted by atomic mass is 10.0. The fraction of sp³-hybridized carbons (Fsp3) is 0.333. The molecular weight excluding hydrogens is 366 g/mol. The second-order valence-corrected chi connectivity index (χ2v) is 6.29. The van der Waals surface area contributed by atoms with Crippen LogP contribution in [0.1, 0.15) is 16.5 Å². The Morgan fingerprint density at radius 1 is 1.18 bits per heavy atom. The minimum Gasteiger partial charge on any atom is -0.314 e. The Balaban J connectivity index is 0.00000121. The third kappa shape index (κ3) is 4.34.